The van der Waals surface area contributed by atoms with E-state index in [1.165, 1.54) is 24.3 Å². The van der Waals surface area contributed by atoms with Crippen molar-refractivity contribution in [3.8, 4) is 28.4 Å². The van der Waals surface area contributed by atoms with Crippen LogP contribution in [0.5, 0.6) is 17.2 Å². The lowest BCUT2D eigenvalue weighted by atomic mass is 9.89. The molecule has 164 valence electrons. The minimum Gasteiger partial charge on any atom is -0.508 e. The molecule has 1 fully saturated rings. The zero-order valence-corrected chi connectivity index (χ0v) is 15.9. The van der Waals surface area contributed by atoms with E-state index in [1.807, 2.05) is 0 Å². The van der Waals surface area contributed by atoms with Crippen LogP contribution in [0.4, 0.5) is 0 Å². The number of aliphatic hydroxyl groups excluding tert-OH is 4. The van der Waals surface area contributed by atoms with Crippen molar-refractivity contribution in [1.82, 2.24) is 0 Å². The van der Waals surface area contributed by atoms with Gasteiger partial charge in [-0.3, -0.25) is 4.79 Å². The van der Waals surface area contributed by atoms with Crippen molar-refractivity contribution in [2.45, 2.75) is 30.5 Å². The molecule has 10 nitrogen and oxygen atoms in total. The van der Waals surface area contributed by atoms with Crippen LogP contribution in [0.3, 0.4) is 0 Å². The lowest BCUT2D eigenvalue weighted by molar-refractivity contribution is -0.231. The quantitative estimate of drug-likeness (QED) is 0.300. The second kappa shape index (κ2) is 7.84. The van der Waals surface area contributed by atoms with E-state index in [2.05, 4.69) is 0 Å². The summed E-state index contributed by atoms with van der Waals surface area (Å²) in [6, 6.07) is 6.56. The molecule has 0 saturated carbocycles. The van der Waals surface area contributed by atoms with Crippen molar-refractivity contribution in [2.75, 3.05) is 6.61 Å². The van der Waals surface area contributed by atoms with E-state index in [0.29, 0.717) is 5.56 Å². The lowest BCUT2D eigenvalue weighted by Gasteiger charge is -2.40. The molecular weight excluding hydrogens is 412 g/mol. The number of rotatable bonds is 3. The Labute approximate surface area is 174 Å². The Hall–Kier alpha value is -3.15. The first-order valence-electron chi connectivity index (χ1n) is 9.34. The molecular formula is C21H20O10. The van der Waals surface area contributed by atoms with Gasteiger partial charge in [-0.25, -0.2) is 0 Å². The summed E-state index contributed by atoms with van der Waals surface area (Å²) in [6.45, 7) is -0.687. The van der Waals surface area contributed by atoms with Crippen molar-refractivity contribution in [3.05, 3.63) is 52.4 Å². The highest BCUT2D eigenvalue weighted by molar-refractivity contribution is 5.91. The molecule has 2 heterocycles. The molecule has 0 aliphatic carbocycles. The smallest absolute Gasteiger partial charge is 0.204 e. The molecule has 3 aromatic rings. The topological polar surface area (TPSA) is 181 Å². The van der Waals surface area contributed by atoms with Gasteiger partial charge in [0.15, 0.2) is 5.58 Å². The minimum atomic E-state index is -1.74. The van der Waals surface area contributed by atoms with Crippen molar-refractivity contribution in [3.63, 3.8) is 0 Å². The van der Waals surface area contributed by atoms with Crippen LogP contribution in [0.15, 0.2) is 45.8 Å². The number of fused-ring (bicyclic) bond motifs is 1. The number of hydrogen-bond donors (Lipinski definition) is 7. The Bertz CT molecular complexity index is 1170. The SMILES string of the molecule is O=c1c(-c2ccc(O)cc2)coc2c(C3O[C@@H](CO)[C@H](O)[C@@H](O)[C@@H]3O)c(O)cc(O)c12. The van der Waals surface area contributed by atoms with Gasteiger partial charge in [0.2, 0.25) is 5.43 Å². The number of phenols is 3. The Kier molecular flexibility index (Phi) is 5.33. The molecule has 1 saturated heterocycles. The van der Waals surface area contributed by atoms with Gasteiger partial charge in [-0.05, 0) is 17.7 Å². The van der Waals surface area contributed by atoms with Crippen LogP contribution >= 0.6 is 0 Å². The molecule has 1 unspecified atom stereocenters. The molecule has 31 heavy (non-hydrogen) atoms. The van der Waals surface area contributed by atoms with Crippen LogP contribution < -0.4 is 5.43 Å². The predicted molar refractivity (Wildman–Crippen MR) is 106 cm³/mol. The van der Waals surface area contributed by atoms with Crippen LogP contribution in [-0.4, -0.2) is 66.8 Å². The molecule has 1 aliphatic heterocycles. The van der Waals surface area contributed by atoms with Crippen LogP contribution in [-0.2, 0) is 4.74 Å². The normalized spacial score (nSPS) is 26.3. The van der Waals surface area contributed by atoms with E-state index in [9.17, 15) is 40.5 Å². The molecule has 5 atom stereocenters. The first-order chi connectivity index (χ1) is 14.7. The first kappa shape index (κ1) is 21.1. The summed E-state index contributed by atoms with van der Waals surface area (Å²) in [4.78, 5) is 13.1. The van der Waals surface area contributed by atoms with Gasteiger partial charge in [-0.2, -0.15) is 0 Å². The van der Waals surface area contributed by atoms with Crippen molar-refractivity contribution in [2.24, 2.45) is 0 Å². The van der Waals surface area contributed by atoms with E-state index < -0.39 is 54.1 Å². The fourth-order valence-electron chi connectivity index (χ4n) is 3.75. The van der Waals surface area contributed by atoms with Crippen LogP contribution in [0.25, 0.3) is 22.1 Å². The average molecular weight is 432 g/mol. The summed E-state index contributed by atoms with van der Waals surface area (Å²) in [5, 5.41) is 69.8. The maximum absolute atomic E-state index is 13.1. The Morgan fingerprint density at radius 2 is 1.58 bits per heavy atom. The first-order valence-corrected chi connectivity index (χ1v) is 9.34. The van der Waals surface area contributed by atoms with Gasteiger partial charge in [-0.15, -0.1) is 0 Å². The lowest BCUT2D eigenvalue weighted by Crippen LogP contribution is -2.55. The fourth-order valence-corrected chi connectivity index (χ4v) is 3.75. The van der Waals surface area contributed by atoms with Gasteiger partial charge in [0.25, 0.3) is 0 Å². The summed E-state index contributed by atoms with van der Waals surface area (Å²) >= 11 is 0. The standard InChI is InChI=1S/C21H20O10/c22-6-13-17(27)18(28)19(29)21(31-13)15-12(25)5-11(24)14-16(26)10(7-30-20(14)15)8-1-3-9(23)4-2-8/h1-5,7,13,17-19,21-25,27-29H,6H2/t13-,17-,18+,19-,21?/m0/s1. The van der Waals surface area contributed by atoms with Gasteiger partial charge < -0.3 is 44.9 Å². The zero-order chi connectivity index (χ0) is 22.4. The number of hydrogen-bond acceptors (Lipinski definition) is 10. The van der Waals surface area contributed by atoms with E-state index in [4.69, 9.17) is 9.15 Å². The summed E-state index contributed by atoms with van der Waals surface area (Å²) in [5.41, 5.74) is -0.729. The number of aromatic hydroxyl groups is 3. The molecule has 0 amide bonds. The van der Waals surface area contributed by atoms with E-state index in [-0.39, 0.29) is 27.8 Å². The molecule has 10 heteroatoms. The maximum atomic E-state index is 13.1. The molecule has 4 rings (SSSR count). The van der Waals surface area contributed by atoms with Crippen molar-refractivity contribution in [1.29, 1.82) is 0 Å². The summed E-state index contributed by atoms with van der Waals surface area (Å²) in [6.07, 6.45) is -6.73. The number of phenolic OH excluding ortho intramolecular Hbond substituents is 3. The summed E-state index contributed by atoms with van der Waals surface area (Å²) in [5.74, 6) is -1.18. The van der Waals surface area contributed by atoms with Gasteiger partial charge in [-0.1, -0.05) is 12.1 Å². The van der Waals surface area contributed by atoms with E-state index >= 15 is 0 Å². The Morgan fingerprint density at radius 1 is 0.903 bits per heavy atom. The third-order valence-corrected chi connectivity index (χ3v) is 5.40. The molecule has 1 aliphatic rings. The van der Waals surface area contributed by atoms with Crippen molar-refractivity contribution >= 4 is 11.0 Å². The number of benzene rings is 2. The maximum Gasteiger partial charge on any atom is 0.204 e. The molecule has 1 aromatic heterocycles. The van der Waals surface area contributed by atoms with Gasteiger partial charge in [0.1, 0.15) is 59.4 Å². The van der Waals surface area contributed by atoms with E-state index in [1.54, 1.807) is 0 Å². The highest BCUT2D eigenvalue weighted by Gasteiger charge is 2.46. The molecule has 0 bridgehead atoms. The summed E-state index contributed by atoms with van der Waals surface area (Å²) < 4.78 is 11.0. The largest absolute Gasteiger partial charge is 0.508 e. The number of ether oxygens (including phenoxy) is 1. The minimum absolute atomic E-state index is 0.00778. The van der Waals surface area contributed by atoms with Gasteiger partial charge in [0, 0.05) is 6.07 Å². The number of aliphatic hydroxyl groups is 4. The van der Waals surface area contributed by atoms with Gasteiger partial charge >= 0.3 is 0 Å². The van der Waals surface area contributed by atoms with Crippen molar-refractivity contribution < 1.29 is 44.9 Å². The summed E-state index contributed by atoms with van der Waals surface area (Å²) in [7, 11) is 0. The highest BCUT2D eigenvalue weighted by atomic mass is 16.5. The fraction of sp³-hybridized carbons (Fsp3) is 0.286. The monoisotopic (exact) mass is 432 g/mol. The predicted octanol–water partition coefficient (Wildman–Crippen LogP) is 0.0917. The van der Waals surface area contributed by atoms with Crippen LogP contribution in [0.2, 0.25) is 0 Å². The van der Waals surface area contributed by atoms with E-state index in [0.717, 1.165) is 12.3 Å². The molecule has 0 spiro atoms. The van der Waals surface area contributed by atoms with Crippen LogP contribution in [0.1, 0.15) is 11.7 Å². The highest BCUT2D eigenvalue weighted by Crippen LogP contribution is 2.43. The zero-order valence-electron chi connectivity index (χ0n) is 15.9. The second-order valence-corrected chi connectivity index (χ2v) is 7.31. The van der Waals surface area contributed by atoms with Crippen LogP contribution in [0, 0.1) is 0 Å². The second-order valence-electron chi connectivity index (χ2n) is 7.31. The average Bonchev–Trinajstić information content (AvgIpc) is 2.74. The molecule has 0 radical (unpaired) electrons. The van der Waals surface area contributed by atoms with Gasteiger partial charge in [0.05, 0.1) is 17.7 Å². The Balaban J connectivity index is 1.92. The third kappa shape index (κ3) is 3.40. The molecule has 7 N–H and O–H groups in total. The Morgan fingerprint density at radius 3 is 2.23 bits per heavy atom. The molecule has 2 aromatic carbocycles. The third-order valence-electron chi connectivity index (χ3n) is 5.40.